The van der Waals surface area contributed by atoms with Gasteiger partial charge in [-0.05, 0) is 19.1 Å². The summed E-state index contributed by atoms with van der Waals surface area (Å²) in [5.74, 6) is 0.253. The van der Waals surface area contributed by atoms with Crippen molar-refractivity contribution in [1.29, 1.82) is 0 Å². The minimum atomic E-state index is -0.284. The Morgan fingerprint density at radius 2 is 2.12 bits per heavy atom. The van der Waals surface area contributed by atoms with Crippen molar-refractivity contribution in [1.82, 2.24) is 4.98 Å². The minimum absolute atomic E-state index is 0.0583. The van der Waals surface area contributed by atoms with E-state index in [1.54, 1.807) is 10.3 Å². The summed E-state index contributed by atoms with van der Waals surface area (Å²) < 4.78 is 5.24. The molecule has 0 aliphatic rings. The number of hydrogen-bond donors (Lipinski definition) is 0. The first-order valence-corrected chi connectivity index (χ1v) is 10.0. The van der Waals surface area contributed by atoms with Gasteiger partial charge in [0, 0.05) is 29.5 Å². The number of carbonyl (C=O) groups excluding carboxylic acids is 2. The van der Waals surface area contributed by atoms with E-state index < -0.39 is 0 Å². The molecule has 0 bridgehead atoms. The Bertz CT molecular complexity index is 736. The number of benzene rings is 1. The molecule has 25 heavy (non-hydrogen) atoms. The molecule has 1 aromatic carbocycles. The fourth-order valence-electron chi connectivity index (χ4n) is 2.01. The number of ether oxygens (including phenoxy) is 1. The Kier molecular flexibility index (Phi) is 7.74. The van der Waals surface area contributed by atoms with Crippen LogP contribution < -0.4 is 4.90 Å². The summed E-state index contributed by atoms with van der Waals surface area (Å²) in [5.41, 5.74) is 0.645. The molecule has 0 fully saturated rings. The van der Waals surface area contributed by atoms with Gasteiger partial charge < -0.3 is 4.74 Å². The van der Waals surface area contributed by atoms with Crippen LogP contribution in [-0.2, 0) is 20.9 Å². The molecule has 2 aromatic rings. The molecule has 1 amide bonds. The molecule has 0 N–H and O–H groups in total. The molecular weight excluding hydrogens is 380 g/mol. The van der Waals surface area contributed by atoms with Crippen molar-refractivity contribution < 1.29 is 14.3 Å². The highest BCUT2D eigenvalue weighted by Crippen LogP contribution is 2.27. The van der Waals surface area contributed by atoms with E-state index in [1.807, 2.05) is 31.2 Å². The van der Waals surface area contributed by atoms with Gasteiger partial charge in [0.25, 0.3) is 0 Å². The first-order valence-electron chi connectivity index (χ1n) is 7.76. The Balaban J connectivity index is 1.76. The highest BCUT2D eigenvalue weighted by Gasteiger charge is 2.14. The van der Waals surface area contributed by atoms with Gasteiger partial charge in [-0.25, -0.2) is 4.98 Å². The van der Waals surface area contributed by atoms with Gasteiger partial charge in [-0.2, -0.15) is 0 Å². The SMILES string of the molecule is CCN(C(C)=O)c1nc(COC(=O)CCSc2ccccc2Cl)cs1. The fourth-order valence-corrected chi connectivity index (χ4v) is 4.10. The topological polar surface area (TPSA) is 59.5 Å². The van der Waals surface area contributed by atoms with Crippen LogP contribution in [0.25, 0.3) is 0 Å². The van der Waals surface area contributed by atoms with Gasteiger partial charge in [-0.3, -0.25) is 14.5 Å². The zero-order chi connectivity index (χ0) is 18.2. The van der Waals surface area contributed by atoms with Crippen molar-refractivity contribution in [2.75, 3.05) is 17.2 Å². The molecule has 8 heteroatoms. The normalized spacial score (nSPS) is 10.5. The third-order valence-electron chi connectivity index (χ3n) is 3.25. The Morgan fingerprint density at radius 1 is 1.36 bits per heavy atom. The van der Waals surface area contributed by atoms with Gasteiger partial charge >= 0.3 is 5.97 Å². The van der Waals surface area contributed by atoms with E-state index in [0.29, 0.717) is 34.6 Å². The van der Waals surface area contributed by atoms with Crippen molar-refractivity contribution >= 4 is 51.7 Å². The summed E-state index contributed by atoms with van der Waals surface area (Å²) in [4.78, 5) is 30.2. The predicted molar refractivity (Wildman–Crippen MR) is 102 cm³/mol. The maximum Gasteiger partial charge on any atom is 0.307 e. The first kappa shape index (κ1) is 19.8. The van der Waals surface area contributed by atoms with Crippen molar-refractivity contribution in [3.8, 4) is 0 Å². The third-order valence-corrected chi connectivity index (χ3v) is 5.68. The first-order chi connectivity index (χ1) is 12.0. The lowest BCUT2D eigenvalue weighted by molar-refractivity contribution is -0.144. The molecule has 0 aliphatic heterocycles. The smallest absolute Gasteiger partial charge is 0.307 e. The minimum Gasteiger partial charge on any atom is -0.459 e. The molecule has 0 saturated heterocycles. The number of nitrogens with zero attached hydrogens (tertiary/aromatic N) is 2. The molecule has 0 unspecified atom stereocenters. The average Bonchev–Trinajstić information content (AvgIpc) is 3.03. The molecule has 134 valence electrons. The number of thiazole rings is 1. The standard InChI is InChI=1S/C17H19ClN2O3S2/c1-3-20(12(2)21)17-19-13(11-25-17)10-23-16(22)8-9-24-15-7-5-4-6-14(15)18/h4-7,11H,3,8-10H2,1-2H3. The maximum atomic E-state index is 11.8. The van der Waals surface area contributed by atoms with Crippen molar-refractivity contribution in [2.45, 2.75) is 31.8 Å². The number of aromatic nitrogens is 1. The monoisotopic (exact) mass is 398 g/mol. The van der Waals surface area contributed by atoms with Crippen LogP contribution in [0.3, 0.4) is 0 Å². The second kappa shape index (κ2) is 9.79. The molecule has 0 aliphatic carbocycles. The highest BCUT2D eigenvalue weighted by molar-refractivity contribution is 7.99. The second-order valence-corrected chi connectivity index (χ2v) is 7.45. The largest absolute Gasteiger partial charge is 0.459 e. The van der Waals surface area contributed by atoms with Crippen molar-refractivity contribution in [3.05, 3.63) is 40.4 Å². The van der Waals surface area contributed by atoms with Gasteiger partial charge in [-0.1, -0.05) is 23.7 Å². The van der Waals surface area contributed by atoms with Crippen LogP contribution in [0, 0.1) is 0 Å². The Labute approximate surface area is 160 Å². The molecule has 1 heterocycles. The zero-order valence-corrected chi connectivity index (χ0v) is 16.4. The van der Waals surface area contributed by atoms with E-state index in [0.717, 1.165) is 4.90 Å². The van der Waals surface area contributed by atoms with Crippen LogP contribution in [0.15, 0.2) is 34.5 Å². The third kappa shape index (κ3) is 6.02. The number of carbonyl (C=O) groups is 2. The lowest BCUT2D eigenvalue weighted by Crippen LogP contribution is -2.27. The molecular formula is C17H19ClN2O3S2. The van der Waals surface area contributed by atoms with Gasteiger partial charge in [0.1, 0.15) is 6.61 Å². The quantitative estimate of drug-likeness (QED) is 0.487. The van der Waals surface area contributed by atoms with E-state index >= 15 is 0 Å². The number of hydrogen-bond acceptors (Lipinski definition) is 6. The molecule has 2 rings (SSSR count). The average molecular weight is 399 g/mol. The lowest BCUT2D eigenvalue weighted by Gasteiger charge is -2.14. The zero-order valence-electron chi connectivity index (χ0n) is 14.0. The Morgan fingerprint density at radius 3 is 2.80 bits per heavy atom. The van der Waals surface area contributed by atoms with E-state index in [2.05, 4.69) is 4.98 Å². The van der Waals surface area contributed by atoms with Crippen LogP contribution in [0.4, 0.5) is 5.13 Å². The summed E-state index contributed by atoms with van der Waals surface area (Å²) in [6.45, 7) is 4.06. The van der Waals surface area contributed by atoms with Crippen LogP contribution >= 0.6 is 34.7 Å². The summed E-state index contributed by atoms with van der Waals surface area (Å²) >= 11 is 8.95. The van der Waals surface area contributed by atoms with E-state index in [4.69, 9.17) is 16.3 Å². The van der Waals surface area contributed by atoms with E-state index in [1.165, 1.54) is 30.0 Å². The van der Waals surface area contributed by atoms with Crippen molar-refractivity contribution in [3.63, 3.8) is 0 Å². The Hall–Kier alpha value is -1.57. The van der Waals surface area contributed by atoms with Crippen molar-refractivity contribution in [2.24, 2.45) is 0 Å². The van der Waals surface area contributed by atoms with Crippen LogP contribution in [0.1, 0.15) is 26.0 Å². The molecule has 0 radical (unpaired) electrons. The van der Waals surface area contributed by atoms with Gasteiger partial charge in [0.15, 0.2) is 5.13 Å². The molecule has 0 spiro atoms. The highest BCUT2D eigenvalue weighted by atomic mass is 35.5. The number of thioether (sulfide) groups is 1. The number of anilines is 1. The van der Waals surface area contributed by atoms with E-state index in [9.17, 15) is 9.59 Å². The van der Waals surface area contributed by atoms with Crippen LogP contribution in [0.5, 0.6) is 0 Å². The van der Waals surface area contributed by atoms with Gasteiger partial charge in [0.2, 0.25) is 5.91 Å². The molecule has 5 nitrogen and oxygen atoms in total. The lowest BCUT2D eigenvalue weighted by atomic mass is 10.4. The summed E-state index contributed by atoms with van der Waals surface area (Å²) in [5, 5.41) is 3.10. The van der Waals surface area contributed by atoms with Crippen LogP contribution in [0.2, 0.25) is 5.02 Å². The van der Waals surface area contributed by atoms with E-state index in [-0.39, 0.29) is 18.5 Å². The molecule has 0 saturated carbocycles. The van der Waals surface area contributed by atoms with Gasteiger partial charge in [0.05, 0.1) is 17.1 Å². The molecule has 0 atom stereocenters. The number of halogens is 1. The number of rotatable bonds is 8. The number of esters is 1. The second-order valence-electron chi connectivity index (χ2n) is 5.07. The summed E-state index contributed by atoms with van der Waals surface area (Å²) in [7, 11) is 0. The predicted octanol–water partition coefficient (Wildman–Crippen LogP) is 4.39. The van der Waals surface area contributed by atoms with Gasteiger partial charge in [-0.15, -0.1) is 23.1 Å². The van der Waals surface area contributed by atoms with Crippen LogP contribution in [-0.4, -0.2) is 29.2 Å². The number of amides is 1. The summed E-state index contributed by atoms with van der Waals surface area (Å²) in [6.07, 6.45) is 0.293. The summed E-state index contributed by atoms with van der Waals surface area (Å²) in [6, 6.07) is 7.52. The maximum absolute atomic E-state index is 11.8. The fraction of sp³-hybridized carbons (Fsp3) is 0.353. The molecule has 1 aromatic heterocycles.